The summed E-state index contributed by atoms with van der Waals surface area (Å²) in [5.41, 5.74) is 1.16. The average molecular weight is 243 g/mol. The quantitative estimate of drug-likeness (QED) is 0.585. The van der Waals surface area contributed by atoms with Crippen LogP contribution in [0, 0.1) is 0 Å². The van der Waals surface area contributed by atoms with E-state index in [1.54, 1.807) is 0 Å². The second kappa shape index (κ2) is 3.38. The molecule has 1 nitrogen and oxygen atoms in total. The fourth-order valence-electron chi connectivity index (χ4n) is 2.04. The van der Waals surface area contributed by atoms with Gasteiger partial charge in [-0.25, -0.2) is 0 Å². The van der Waals surface area contributed by atoms with Gasteiger partial charge >= 0.3 is 0 Å². The third-order valence-corrected chi connectivity index (χ3v) is 4.16. The van der Waals surface area contributed by atoms with Crippen LogP contribution in [-0.2, 0) is 11.2 Å². The van der Waals surface area contributed by atoms with Crippen LogP contribution in [0.3, 0.4) is 0 Å². The Hall–Kier alpha value is -0.240. The van der Waals surface area contributed by atoms with Crippen LogP contribution >= 0.6 is 23.2 Å². The number of hydrogen-bond donors (Lipinski definition) is 0. The Morgan fingerprint density at radius 3 is 2.73 bits per heavy atom. The molecule has 1 aromatic rings. The molecule has 2 fully saturated rings. The van der Waals surface area contributed by atoms with Gasteiger partial charge in [-0.3, -0.25) is 0 Å². The average Bonchev–Trinajstić information content (AvgIpc) is 3.08. The third-order valence-electron chi connectivity index (χ3n) is 3.20. The molecule has 0 N–H and O–H groups in total. The first kappa shape index (κ1) is 9.95. The number of epoxide rings is 1. The summed E-state index contributed by atoms with van der Waals surface area (Å²) in [5, 5.41) is 0.825. The van der Waals surface area contributed by atoms with Crippen LogP contribution in [0.4, 0.5) is 0 Å². The Morgan fingerprint density at radius 2 is 2.07 bits per heavy atom. The lowest BCUT2D eigenvalue weighted by molar-refractivity contribution is 0.361. The maximum atomic E-state index is 6.28. The van der Waals surface area contributed by atoms with E-state index >= 15 is 0 Å². The summed E-state index contributed by atoms with van der Waals surface area (Å²) in [6.07, 6.45) is 3.62. The molecule has 15 heavy (non-hydrogen) atoms. The van der Waals surface area contributed by atoms with Gasteiger partial charge in [0.05, 0.1) is 11.0 Å². The lowest BCUT2D eigenvalue weighted by Crippen LogP contribution is -2.12. The maximum absolute atomic E-state index is 6.28. The van der Waals surface area contributed by atoms with Crippen molar-refractivity contribution in [2.24, 2.45) is 0 Å². The Labute approximate surface area is 99.3 Å². The van der Waals surface area contributed by atoms with Crippen LogP contribution in [0.1, 0.15) is 18.4 Å². The van der Waals surface area contributed by atoms with Crippen LogP contribution < -0.4 is 0 Å². The van der Waals surface area contributed by atoms with E-state index in [0.29, 0.717) is 0 Å². The Morgan fingerprint density at radius 1 is 1.33 bits per heavy atom. The highest BCUT2D eigenvalue weighted by Crippen LogP contribution is 2.54. The third kappa shape index (κ3) is 1.89. The molecule has 2 atom stereocenters. The van der Waals surface area contributed by atoms with Crippen LogP contribution in [0.15, 0.2) is 24.3 Å². The molecular formula is C12H12Cl2O. The smallest absolute Gasteiger partial charge is 0.104 e. The lowest BCUT2D eigenvalue weighted by Gasteiger charge is -2.02. The van der Waals surface area contributed by atoms with Gasteiger partial charge in [0, 0.05) is 11.4 Å². The van der Waals surface area contributed by atoms with Gasteiger partial charge in [-0.1, -0.05) is 29.8 Å². The molecule has 1 aliphatic carbocycles. The van der Waals surface area contributed by atoms with Crippen molar-refractivity contribution in [1.29, 1.82) is 0 Å². The number of halogens is 2. The van der Waals surface area contributed by atoms with Crippen molar-refractivity contribution in [3.63, 3.8) is 0 Å². The minimum atomic E-state index is -0.0358. The van der Waals surface area contributed by atoms with Crippen molar-refractivity contribution >= 4 is 23.2 Å². The Kier molecular flexibility index (Phi) is 2.24. The van der Waals surface area contributed by atoms with Crippen LogP contribution in [-0.4, -0.2) is 17.1 Å². The van der Waals surface area contributed by atoms with Crippen molar-refractivity contribution in [3.05, 3.63) is 34.9 Å². The molecule has 0 radical (unpaired) electrons. The van der Waals surface area contributed by atoms with Crippen molar-refractivity contribution in [2.75, 3.05) is 0 Å². The highest BCUT2D eigenvalue weighted by Gasteiger charge is 2.60. The molecule has 2 aliphatic rings. The largest absolute Gasteiger partial charge is 0.367 e. The van der Waals surface area contributed by atoms with E-state index < -0.39 is 0 Å². The Bertz CT molecular complexity index is 387. The fourth-order valence-corrected chi connectivity index (χ4v) is 2.54. The van der Waals surface area contributed by atoms with Crippen molar-refractivity contribution in [1.82, 2.24) is 0 Å². The molecule has 0 bridgehead atoms. The Balaban J connectivity index is 1.66. The molecule has 80 valence electrons. The standard InChI is InChI=1S/C12H12Cl2O/c13-9-4-2-1-3-8(9)7-10-11(15-10)12(14)5-6-12/h1-4,10-11H,5-7H2. The van der Waals surface area contributed by atoms with Crippen molar-refractivity contribution in [2.45, 2.75) is 36.3 Å². The molecule has 0 aromatic heterocycles. The van der Waals surface area contributed by atoms with E-state index in [2.05, 4.69) is 6.07 Å². The van der Waals surface area contributed by atoms with Gasteiger partial charge in [-0.15, -0.1) is 11.6 Å². The number of rotatable bonds is 3. The number of hydrogen-bond acceptors (Lipinski definition) is 1. The summed E-state index contributed by atoms with van der Waals surface area (Å²) in [7, 11) is 0. The molecule has 1 saturated heterocycles. The predicted molar refractivity (Wildman–Crippen MR) is 61.6 cm³/mol. The van der Waals surface area contributed by atoms with E-state index in [1.807, 2.05) is 18.2 Å². The molecule has 3 rings (SSSR count). The minimum absolute atomic E-state index is 0.0358. The van der Waals surface area contributed by atoms with Crippen molar-refractivity contribution < 1.29 is 4.74 Å². The number of benzene rings is 1. The summed E-state index contributed by atoms with van der Waals surface area (Å²) in [5.74, 6) is 0. The van der Waals surface area contributed by atoms with Crippen LogP contribution in [0.25, 0.3) is 0 Å². The second-order valence-corrected chi connectivity index (χ2v) is 5.59. The van der Waals surface area contributed by atoms with Crippen LogP contribution in [0.5, 0.6) is 0 Å². The molecule has 0 spiro atoms. The zero-order valence-electron chi connectivity index (χ0n) is 8.25. The van der Waals surface area contributed by atoms with E-state index in [-0.39, 0.29) is 17.1 Å². The SMILES string of the molecule is Clc1ccccc1CC1OC1C1(Cl)CC1. The van der Waals surface area contributed by atoms with Gasteiger partial charge in [0.1, 0.15) is 6.10 Å². The molecule has 3 heteroatoms. The summed E-state index contributed by atoms with van der Waals surface area (Å²) in [6.45, 7) is 0. The van der Waals surface area contributed by atoms with Gasteiger partial charge in [-0.2, -0.15) is 0 Å². The van der Waals surface area contributed by atoms with Gasteiger partial charge in [0.25, 0.3) is 0 Å². The van der Waals surface area contributed by atoms with E-state index in [4.69, 9.17) is 27.9 Å². The van der Waals surface area contributed by atoms with Crippen molar-refractivity contribution in [3.8, 4) is 0 Å². The molecule has 1 saturated carbocycles. The highest BCUT2D eigenvalue weighted by molar-refractivity contribution is 6.31. The van der Waals surface area contributed by atoms with Gasteiger partial charge in [0.15, 0.2) is 0 Å². The summed E-state index contributed by atoms with van der Waals surface area (Å²) in [6, 6.07) is 7.92. The van der Waals surface area contributed by atoms with Gasteiger partial charge in [-0.05, 0) is 24.5 Å². The summed E-state index contributed by atoms with van der Waals surface area (Å²) in [4.78, 5) is -0.0358. The summed E-state index contributed by atoms with van der Waals surface area (Å²) >= 11 is 12.4. The maximum Gasteiger partial charge on any atom is 0.104 e. The zero-order valence-corrected chi connectivity index (χ0v) is 9.76. The summed E-state index contributed by atoms with van der Waals surface area (Å²) < 4.78 is 5.61. The molecule has 0 amide bonds. The fraction of sp³-hybridized carbons (Fsp3) is 0.500. The first-order valence-corrected chi connectivity index (χ1v) is 6.02. The van der Waals surface area contributed by atoms with E-state index in [9.17, 15) is 0 Å². The molecular weight excluding hydrogens is 231 g/mol. The first-order valence-electron chi connectivity index (χ1n) is 5.27. The molecule has 1 aromatic carbocycles. The highest BCUT2D eigenvalue weighted by atomic mass is 35.5. The van der Waals surface area contributed by atoms with Gasteiger partial charge < -0.3 is 4.74 Å². The molecule has 1 heterocycles. The van der Waals surface area contributed by atoms with Crippen LogP contribution in [0.2, 0.25) is 5.02 Å². The number of alkyl halides is 1. The lowest BCUT2D eigenvalue weighted by atomic mass is 10.1. The normalized spacial score (nSPS) is 31.3. The molecule has 1 aliphatic heterocycles. The zero-order chi connectivity index (χ0) is 10.5. The van der Waals surface area contributed by atoms with E-state index in [0.717, 1.165) is 29.8 Å². The van der Waals surface area contributed by atoms with E-state index in [1.165, 1.54) is 0 Å². The number of ether oxygens (including phenoxy) is 1. The monoisotopic (exact) mass is 242 g/mol. The molecule has 2 unspecified atom stereocenters. The second-order valence-electron chi connectivity index (χ2n) is 4.43. The topological polar surface area (TPSA) is 12.5 Å². The minimum Gasteiger partial charge on any atom is -0.367 e. The first-order chi connectivity index (χ1) is 7.19. The van der Waals surface area contributed by atoms with Gasteiger partial charge in [0.2, 0.25) is 0 Å². The predicted octanol–water partition coefficient (Wildman–Crippen LogP) is 3.42.